The van der Waals surface area contributed by atoms with Crippen LogP contribution in [-0.4, -0.2) is 29.0 Å². The Kier molecular flexibility index (Phi) is 4.84. The third-order valence-electron chi connectivity index (χ3n) is 1.89. The molecular weight excluding hydrogens is 232 g/mol. The van der Waals surface area contributed by atoms with Crippen LogP contribution in [-0.2, 0) is 9.53 Å². The molecular formula is C9H12N2O4S. The van der Waals surface area contributed by atoms with Gasteiger partial charge in [0, 0.05) is 16.5 Å². The lowest BCUT2D eigenvalue weighted by molar-refractivity contribution is -0.483. The van der Waals surface area contributed by atoms with Gasteiger partial charge in [0.15, 0.2) is 0 Å². The van der Waals surface area contributed by atoms with Crippen molar-refractivity contribution in [2.75, 3.05) is 13.2 Å². The number of hydrogen-bond donors (Lipinski definition) is 0. The van der Waals surface area contributed by atoms with Gasteiger partial charge in [-0.15, -0.1) is 11.3 Å². The van der Waals surface area contributed by atoms with Crippen molar-refractivity contribution < 1.29 is 14.5 Å². The SMILES string of the molecule is CCOC(=O)C[C@@H](C[N+](=O)[O-])c1nccs1. The summed E-state index contributed by atoms with van der Waals surface area (Å²) < 4.78 is 4.77. The molecule has 0 aliphatic rings. The van der Waals surface area contributed by atoms with Gasteiger partial charge in [-0.25, -0.2) is 4.98 Å². The first-order chi connectivity index (χ1) is 7.63. The maximum absolute atomic E-state index is 11.3. The highest BCUT2D eigenvalue weighted by atomic mass is 32.1. The van der Waals surface area contributed by atoms with E-state index < -0.39 is 16.8 Å². The first-order valence-electron chi connectivity index (χ1n) is 4.80. The van der Waals surface area contributed by atoms with E-state index in [1.807, 2.05) is 0 Å². The Labute approximate surface area is 96.4 Å². The predicted octanol–water partition coefficient (Wildman–Crippen LogP) is 1.46. The number of nitro groups is 1. The van der Waals surface area contributed by atoms with E-state index in [2.05, 4.69) is 4.98 Å². The van der Waals surface area contributed by atoms with Crippen LogP contribution in [0.2, 0.25) is 0 Å². The van der Waals surface area contributed by atoms with Crippen LogP contribution in [0.1, 0.15) is 24.3 Å². The molecule has 0 spiro atoms. The minimum absolute atomic E-state index is 0.00231. The second-order valence-electron chi connectivity index (χ2n) is 3.09. The molecule has 1 aromatic rings. The minimum atomic E-state index is -0.492. The van der Waals surface area contributed by atoms with Crippen LogP contribution in [0, 0.1) is 10.1 Å². The molecule has 6 nitrogen and oxygen atoms in total. The van der Waals surface area contributed by atoms with Gasteiger partial charge in [0.05, 0.1) is 18.9 Å². The van der Waals surface area contributed by atoms with E-state index in [9.17, 15) is 14.9 Å². The first kappa shape index (κ1) is 12.6. The normalized spacial score (nSPS) is 12.1. The lowest BCUT2D eigenvalue weighted by Gasteiger charge is -2.08. The van der Waals surface area contributed by atoms with E-state index in [1.54, 1.807) is 18.5 Å². The van der Waals surface area contributed by atoms with Crippen molar-refractivity contribution in [1.29, 1.82) is 0 Å². The Hall–Kier alpha value is -1.50. The molecule has 0 aliphatic carbocycles. The van der Waals surface area contributed by atoms with Gasteiger partial charge in [-0.2, -0.15) is 0 Å². The van der Waals surface area contributed by atoms with Crippen molar-refractivity contribution in [2.24, 2.45) is 0 Å². The Morgan fingerprint density at radius 2 is 2.50 bits per heavy atom. The molecule has 0 fully saturated rings. The van der Waals surface area contributed by atoms with E-state index in [1.165, 1.54) is 11.3 Å². The molecule has 0 saturated heterocycles. The van der Waals surface area contributed by atoms with Crippen LogP contribution >= 0.6 is 11.3 Å². The zero-order chi connectivity index (χ0) is 12.0. The van der Waals surface area contributed by atoms with Gasteiger partial charge in [0.25, 0.3) is 0 Å². The number of ether oxygens (including phenoxy) is 1. The molecule has 0 aromatic carbocycles. The minimum Gasteiger partial charge on any atom is -0.466 e. The second kappa shape index (κ2) is 6.16. The maximum atomic E-state index is 11.3. The number of hydrogen-bond acceptors (Lipinski definition) is 6. The Balaban J connectivity index is 2.65. The van der Waals surface area contributed by atoms with Gasteiger partial charge in [0.1, 0.15) is 5.01 Å². The highest BCUT2D eigenvalue weighted by Crippen LogP contribution is 2.22. The van der Waals surface area contributed by atoms with Crippen molar-refractivity contribution in [1.82, 2.24) is 4.98 Å². The summed E-state index contributed by atoms with van der Waals surface area (Å²) in [5.74, 6) is -0.918. The molecule has 16 heavy (non-hydrogen) atoms. The molecule has 0 aliphatic heterocycles. The number of rotatable bonds is 6. The average Bonchev–Trinajstić information content (AvgIpc) is 2.68. The maximum Gasteiger partial charge on any atom is 0.306 e. The fraction of sp³-hybridized carbons (Fsp3) is 0.556. The summed E-state index contributed by atoms with van der Waals surface area (Å²) in [6.07, 6.45) is 1.57. The zero-order valence-corrected chi connectivity index (χ0v) is 9.61. The van der Waals surface area contributed by atoms with Crippen LogP contribution in [0.25, 0.3) is 0 Å². The first-order valence-corrected chi connectivity index (χ1v) is 5.68. The molecule has 88 valence electrons. The van der Waals surface area contributed by atoms with E-state index in [4.69, 9.17) is 4.74 Å². The highest BCUT2D eigenvalue weighted by molar-refractivity contribution is 7.09. The third kappa shape index (κ3) is 3.93. The summed E-state index contributed by atoms with van der Waals surface area (Å²) in [5.41, 5.74) is 0. The van der Waals surface area contributed by atoms with Crippen molar-refractivity contribution in [3.63, 3.8) is 0 Å². The quantitative estimate of drug-likeness (QED) is 0.430. The summed E-state index contributed by atoms with van der Waals surface area (Å²) in [5, 5.41) is 12.8. The van der Waals surface area contributed by atoms with Crippen LogP contribution < -0.4 is 0 Å². The van der Waals surface area contributed by atoms with Crippen LogP contribution in [0.3, 0.4) is 0 Å². The van der Waals surface area contributed by atoms with Gasteiger partial charge < -0.3 is 4.74 Å². The average molecular weight is 244 g/mol. The number of thiazole rings is 1. The summed E-state index contributed by atoms with van der Waals surface area (Å²) in [6.45, 7) is 1.68. The monoisotopic (exact) mass is 244 g/mol. The highest BCUT2D eigenvalue weighted by Gasteiger charge is 2.24. The molecule has 0 radical (unpaired) electrons. The van der Waals surface area contributed by atoms with Crippen molar-refractivity contribution in [2.45, 2.75) is 19.3 Å². The lowest BCUT2D eigenvalue weighted by Crippen LogP contribution is -2.17. The number of carbonyl (C=O) groups is 1. The Bertz CT molecular complexity index is 352. The van der Waals surface area contributed by atoms with E-state index in [0.717, 1.165) is 0 Å². The lowest BCUT2D eigenvalue weighted by atomic mass is 10.1. The van der Waals surface area contributed by atoms with Gasteiger partial charge >= 0.3 is 5.97 Å². The Morgan fingerprint density at radius 3 is 3.00 bits per heavy atom. The molecule has 0 amide bonds. The third-order valence-corrected chi connectivity index (χ3v) is 2.83. The molecule has 1 aromatic heterocycles. The van der Waals surface area contributed by atoms with E-state index in [-0.39, 0.29) is 19.6 Å². The zero-order valence-electron chi connectivity index (χ0n) is 8.79. The van der Waals surface area contributed by atoms with Crippen LogP contribution in [0.5, 0.6) is 0 Å². The van der Waals surface area contributed by atoms with Gasteiger partial charge in [-0.05, 0) is 6.92 Å². The van der Waals surface area contributed by atoms with Gasteiger partial charge in [-0.1, -0.05) is 0 Å². The molecule has 1 heterocycles. The molecule has 0 bridgehead atoms. The largest absolute Gasteiger partial charge is 0.466 e. The number of nitrogens with zero attached hydrogens (tertiary/aromatic N) is 2. The van der Waals surface area contributed by atoms with Crippen molar-refractivity contribution >= 4 is 17.3 Å². The van der Waals surface area contributed by atoms with Crippen LogP contribution in [0.15, 0.2) is 11.6 Å². The molecule has 0 saturated carbocycles. The standard InChI is InChI=1S/C9H12N2O4S/c1-2-15-8(12)5-7(6-11(13)14)9-10-3-4-16-9/h3-4,7H,2,5-6H2,1H3/t7-/m0/s1. The van der Waals surface area contributed by atoms with E-state index in [0.29, 0.717) is 5.01 Å². The molecule has 0 N–H and O–H groups in total. The van der Waals surface area contributed by atoms with Crippen molar-refractivity contribution in [3.8, 4) is 0 Å². The van der Waals surface area contributed by atoms with Gasteiger partial charge in [-0.3, -0.25) is 14.9 Å². The summed E-state index contributed by atoms with van der Waals surface area (Å²) >= 11 is 1.31. The number of aromatic nitrogens is 1. The molecule has 1 rings (SSSR count). The smallest absolute Gasteiger partial charge is 0.306 e. The summed E-state index contributed by atoms with van der Waals surface area (Å²) in [6, 6.07) is 0. The molecule has 7 heteroatoms. The number of esters is 1. The van der Waals surface area contributed by atoms with Crippen molar-refractivity contribution in [3.05, 3.63) is 26.7 Å². The van der Waals surface area contributed by atoms with Crippen LogP contribution in [0.4, 0.5) is 0 Å². The van der Waals surface area contributed by atoms with Gasteiger partial charge in [0.2, 0.25) is 6.54 Å². The summed E-state index contributed by atoms with van der Waals surface area (Å²) in [7, 11) is 0. The topological polar surface area (TPSA) is 82.3 Å². The van der Waals surface area contributed by atoms with E-state index >= 15 is 0 Å². The molecule has 1 atom stereocenters. The second-order valence-corrected chi connectivity index (χ2v) is 4.02. The fourth-order valence-electron chi connectivity index (χ4n) is 1.27. The fourth-order valence-corrected chi connectivity index (χ4v) is 2.00. The Morgan fingerprint density at radius 1 is 1.75 bits per heavy atom. The predicted molar refractivity (Wildman–Crippen MR) is 58.0 cm³/mol. The molecule has 0 unspecified atom stereocenters. The number of carbonyl (C=O) groups excluding carboxylic acids is 1. The summed E-state index contributed by atoms with van der Waals surface area (Å²) in [4.78, 5) is 25.3.